The molecule has 2 aliphatic rings. The van der Waals surface area contributed by atoms with E-state index >= 15 is 0 Å². The van der Waals surface area contributed by atoms with Crippen LogP contribution in [0.3, 0.4) is 0 Å². The molecule has 0 aromatic rings. The number of carbonyl (C=O) groups excluding carboxylic acids is 2. The van der Waals surface area contributed by atoms with E-state index in [1.54, 1.807) is 0 Å². The van der Waals surface area contributed by atoms with Crippen LogP contribution in [0.4, 0.5) is 0 Å². The quantitative estimate of drug-likeness (QED) is 0.755. The van der Waals surface area contributed by atoms with Gasteiger partial charge in [-0.05, 0) is 38.0 Å². The number of rotatable bonds is 6. The number of nitrogens with zero attached hydrogens (tertiary/aromatic N) is 2. The zero-order valence-electron chi connectivity index (χ0n) is 13.8. The van der Waals surface area contributed by atoms with E-state index in [4.69, 9.17) is 0 Å². The van der Waals surface area contributed by atoms with Crippen molar-refractivity contribution in [3.63, 3.8) is 0 Å². The van der Waals surface area contributed by atoms with Crippen molar-refractivity contribution in [2.45, 2.75) is 52.9 Å². The van der Waals surface area contributed by atoms with Crippen LogP contribution in [0.5, 0.6) is 0 Å². The maximum absolute atomic E-state index is 12.5. The Labute approximate surface area is 128 Å². The highest BCUT2D eigenvalue weighted by Crippen LogP contribution is 2.42. The fourth-order valence-corrected chi connectivity index (χ4v) is 3.31. The van der Waals surface area contributed by atoms with Crippen LogP contribution < -0.4 is 0 Å². The second-order valence-electron chi connectivity index (χ2n) is 6.78. The van der Waals surface area contributed by atoms with Gasteiger partial charge in [-0.15, -0.1) is 0 Å². The summed E-state index contributed by atoms with van der Waals surface area (Å²) in [5.74, 6) is 1.11. The molecule has 0 aromatic heterocycles. The summed E-state index contributed by atoms with van der Waals surface area (Å²) in [7, 11) is 0. The minimum atomic E-state index is -0.0325. The van der Waals surface area contributed by atoms with Crippen molar-refractivity contribution in [2.24, 2.45) is 17.8 Å². The normalized spacial score (nSPS) is 25.8. The monoisotopic (exact) mass is 294 g/mol. The van der Waals surface area contributed by atoms with Crippen LogP contribution in [0, 0.1) is 17.8 Å². The van der Waals surface area contributed by atoms with Crippen LogP contribution in [0.1, 0.15) is 52.9 Å². The Balaban J connectivity index is 1.85. The summed E-state index contributed by atoms with van der Waals surface area (Å²) >= 11 is 0. The van der Waals surface area contributed by atoms with Gasteiger partial charge in [0.05, 0.1) is 11.8 Å². The lowest BCUT2D eigenvalue weighted by molar-refractivity contribution is -0.138. The molecule has 1 aliphatic heterocycles. The van der Waals surface area contributed by atoms with Crippen LogP contribution in [-0.4, -0.2) is 47.8 Å². The Morgan fingerprint density at radius 2 is 1.62 bits per heavy atom. The molecule has 120 valence electrons. The van der Waals surface area contributed by atoms with E-state index in [1.165, 1.54) is 0 Å². The molecule has 1 aliphatic carbocycles. The van der Waals surface area contributed by atoms with Gasteiger partial charge in [-0.25, -0.2) is 0 Å². The lowest BCUT2D eigenvalue weighted by atomic mass is 9.99. The van der Waals surface area contributed by atoms with E-state index < -0.39 is 0 Å². The summed E-state index contributed by atoms with van der Waals surface area (Å²) in [6, 6.07) is 0. The van der Waals surface area contributed by atoms with Gasteiger partial charge in [0.1, 0.15) is 0 Å². The fraction of sp³-hybridized carbons (Fsp3) is 0.882. The van der Waals surface area contributed by atoms with Crippen LogP contribution in [-0.2, 0) is 9.59 Å². The van der Waals surface area contributed by atoms with Gasteiger partial charge >= 0.3 is 0 Å². The Bertz CT molecular complexity index is 369. The molecular weight excluding hydrogens is 264 g/mol. The Morgan fingerprint density at radius 3 is 2.14 bits per heavy atom. The lowest BCUT2D eigenvalue weighted by Crippen LogP contribution is -2.40. The molecule has 2 amide bonds. The topological polar surface area (TPSA) is 40.6 Å². The van der Waals surface area contributed by atoms with Crippen molar-refractivity contribution in [3.05, 3.63) is 0 Å². The Kier molecular flexibility index (Phi) is 5.65. The van der Waals surface area contributed by atoms with Gasteiger partial charge in [0, 0.05) is 26.2 Å². The van der Waals surface area contributed by atoms with Crippen molar-refractivity contribution in [3.8, 4) is 0 Å². The third kappa shape index (κ3) is 3.98. The van der Waals surface area contributed by atoms with Crippen molar-refractivity contribution in [1.82, 2.24) is 9.80 Å². The van der Waals surface area contributed by atoms with Crippen LogP contribution in [0.15, 0.2) is 0 Å². The van der Waals surface area contributed by atoms with E-state index in [0.29, 0.717) is 0 Å². The maximum Gasteiger partial charge on any atom is 0.226 e. The molecule has 2 rings (SSSR count). The highest BCUT2D eigenvalue weighted by molar-refractivity contribution is 5.92. The number of likely N-dealkylation sites (tertiary alicyclic amines) is 1. The van der Waals surface area contributed by atoms with E-state index in [0.717, 1.165) is 64.2 Å². The highest BCUT2D eigenvalue weighted by Gasteiger charge is 2.50. The number of piperidine rings is 1. The molecule has 1 saturated heterocycles. The number of amides is 2. The molecule has 2 unspecified atom stereocenters. The smallest absolute Gasteiger partial charge is 0.226 e. The van der Waals surface area contributed by atoms with Crippen molar-refractivity contribution >= 4 is 11.8 Å². The zero-order chi connectivity index (χ0) is 15.4. The van der Waals surface area contributed by atoms with Gasteiger partial charge in [0.25, 0.3) is 0 Å². The largest absolute Gasteiger partial charge is 0.342 e. The van der Waals surface area contributed by atoms with Crippen LogP contribution in [0.2, 0.25) is 0 Å². The molecule has 0 aromatic carbocycles. The summed E-state index contributed by atoms with van der Waals surface area (Å²) in [6.45, 7) is 9.85. The summed E-state index contributed by atoms with van der Waals surface area (Å²) < 4.78 is 0. The number of hydrogen-bond acceptors (Lipinski definition) is 2. The summed E-state index contributed by atoms with van der Waals surface area (Å²) in [4.78, 5) is 28.9. The lowest BCUT2D eigenvalue weighted by Gasteiger charge is -2.30. The highest BCUT2D eigenvalue weighted by atomic mass is 16.2. The summed E-state index contributed by atoms with van der Waals surface area (Å²) in [5.41, 5.74) is 0. The summed E-state index contributed by atoms with van der Waals surface area (Å²) in [6.07, 6.45) is 4.96. The van der Waals surface area contributed by atoms with Gasteiger partial charge in [0.2, 0.25) is 11.8 Å². The van der Waals surface area contributed by atoms with Crippen LogP contribution in [0.25, 0.3) is 0 Å². The first kappa shape index (κ1) is 16.3. The molecule has 4 nitrogen and oxygen atoms in total. The first-order chi connectivity index (χ1) is 10.1. The Hall–Kier alpha value is -1.06. The second-order valence-corrected chi connectivity index (χ2v) is 6.78. The molecule has 21 heavy (non-hydrogen) atoms. The van der Waals surface area contributed by atoms with Gasteiger partial charge in [0.15, 0.2) is 0 Å². The van der Waals surface area contributed by atoms with Crippen molar-refractivity contribution in [1.29, 1.82) is 0 Å². The third-order valence-electron chi connectivity index (χ3n) is 4.82. The van der Waals surface area contributed by atoms with Gasteiger partial charge < -0.3 is 9.80 Å². The van der Waals surface area contributed by atoms with E-state index in [2.05, 4.69) is 20.8 Å². The number of hydrogen-bond donors (Lipinski definition) is 0. The SMILES string of the molecule is CCCN(CCC)C(=O)C1CC1C(=O)N1CCC(C)CC1. The molecule has 2 fully saturated rings. The minimum absolute atomic E-state index is 0.0258. The predicted molar refractivity (Wildman–Crippen MR) is 83.7 cm³/mol. The molecule has 1 saturated carbocycles. The van der Waals surface area contributed by atoms with Gasteiger partial charge in [-0.2, -0.15) is 0 Å². The van der Waals surface area contributed by atoms with Gasteiger partial charge in [-0.1, -0.05) is 20.8 Å². The Morgan fingerprint density at radius 1 is 1.05 bits per heavy atom. The van der Waals surface area contributed by atoms with E-state index in [9.17, 15) is 9.59 Å². The average Bonchev–Trinajstić information content (AvgIpc) is 3.27. The molecule has 4 heteroatoms. The predicted octanol–water partition coefficient (Wildman–Crippen LogP) is 2.53. The average molecular weight is 294 g/mol. The maximum atomic E-state index is 12.5. The molecule has 0 spiro atoms. The fourth-order valence-electron chi connectivity index (χ4n) is 3.31. The van der Waals surface area contributed by atoms with E-state index in [1.807, 2.05) is 9.80 Å². The number of carbonyl (C=O) groups is 2. The first-order valence-corrected chi connectivity index (χ1v) is 8.66. The van der Waals surface area contributed by atoms with Crippen molar-refractivity contribution < 1.29 is 9.59 Å². The molecule has 2 atom stereocenters. The second kappa shape index (κ2) is 7.28. The van der Waals surface area contributed by atoms with Crippen LogP contribution >= 0.6 is 0 Å². The summed E-state index contributed by atoms with van der Waals surface area (Å²) in [5, 5.41) is 0. The molecular formula is C17H30N2O2. The zero-order valence-corrected chi connectivity index (χ0v) is 13.8. The molecule has 1 heterocycles. The third-order valence-corrected chi connectivity index (χ3v) is 4.82. The van der Waals surface area contributed by atoms with E-state index in [-0.39, 0.29) is 23.7 Å². The minimum Gasteiger partial charge on any atom is -0.342 e. The van der Waals surface area contributed by atoms with Crippen molar-refractivity contribution in [2.75, 3.05) is 26.2 Å². The molecule has 0 radical (unpaired) electrons. The van der Waals surface area contributed by atoms with Gasteiger partial charge in [-0.3, -0.25) is 9.59 Å². The first-order valence-electron chi connectivity index (χ1n) is 8.66. The molecule has 0 bridgehead atoms. The standard InChI is InChI=1S/C17H30N2O2/c1-4-8-18(9-5-2)16(20)14-12-15(14)17(21)19-10-6-13(3)7-11-19/h13-15H,4-12H2,1-3H3. The molecule has 0 N–H and O–H groups in total.